The van der Waals surface area contributed by atoms with E-state index in [1.165, 1.54) is 75.8 Å². The van der Waals surface area contributed by atoms with E-state index >= 15 is 0 Å². The Bertz CT molecular complexity index is 2810. The summed E-state index contributed by atoms with van der Waals surface area (Å²) in [5, 5.41) is 2.58. The minimum Gasteiger partial charge on any atom is -0.310 e. The molecule has 0 saturated carbocycles. The Kier molecular flexibility index (Phi) is 7.42. The second kappa shape index (κ2) is 12.5. The predicted octanol–water partition coefficient (Wildman–Crippen LogP) is 14.8. The Morgan fingerprint density at radius 3 is 1.75 bits per heavy atom. The van der Waals surface area contributed by atoms with Crippen LogP contribution in [0.25, 0.3) is 64.7 Å². The molecule has 53 heavy (non-hydrogen) atoms. The third-order valence-corrected chi connectivity index (χ3v) is 12.2. The maximum absolute atomic E-state index is 2.51. The van der Waals surface area contributed by atoms with E-state index in [4.69, 9.17) is 0 Å². The summed E-state index contributed by atoms with van der Waals surface area (Å²) in [6, 6.07) is 69.2. The van der Waals surface area contributed by atoms with Crippen molar-refractivity contribution in [3.05, 3.63) is 199 Å². The monoisotopic (exact) mass is 695 g/mol. The van der Waals surface area contributed by atoms with Crippen molar-refractivity contribution in [1.29, 1.82) is 0 Å². The fourth-order valence-corrected chi connectivity index (χ4v) is 9.64. The lowest BCUT2D eigenvalue weighted by atomic mass is 9.82. The van der Waals surface area contributed by atoms with Gasteiger partial charge in [-0.15, -0.1) is 11.3 Å². The molecule has 0 fully saturated rings. The maximum Gasteiger partial charge on any atom is 0.0546 e. The third kappa shape index (κ3) is 5.13. The first kappa shape index (κ1) is 31.5. The quantitative estimate of drug-likeness (QED) is 0.167. The first-order valence-corrected chi connectivity index (χ1v) is 19.2. The van der Waals surface area contributed by atoms with E-state index in [-0.39, 0.29) is 5.41 Å². The van der Waals surface area contributed by atoms with Gasteiger partial charge in [-0.1, -0.05) is 159 Å². The van der Waals surface area contributed by atoms with Crippen LogP contribution in [-0.2, 0) is 5.41 Å². The predicted molar refractivity (Wildman–Crippen MR) is 228 cm³/mol. The summed E-state index contributed by atoms with van der Waals surface area (Å²) >= 11 is 1.86. The van der Waals surface area contributed by atoms with Crippen LogP contribution in [0.1, 0.15) is 25.0 Å². The lowest BCUT2D eigenvalue weighted by molar-refractivity contribution is 0.660. The van der Waals surface area contributed by atoms with Gasteiger partial charge in [-0.05, 0) is 92.5 Å². The smallest absolute Gasteiger partial charge is 0.0546 e. The molecule has 0 radical (unpaired) electrons. The highest BCUT2D eigenvalue weighted by Gasteiger charge is 2.36. The molecule has 9 aromatic rings. The number of benzene rings is 8. The molecule has 1 nitrogen and oxygen atoms in total. The summed E-state index contributed by atoms with van der Waals surface area (Å²) in [6.45, 7) is 4.74. The number of nitrogens with zero attached hydrogens (tertiary/aromatic N) is 1. The highest BCUT2D eigenvalue weighted by Crippen LogP contribution is 2.53. The lowest BCUT2D eigenvalue weighted by Crippen LogP contribution is -2.17. The summed E-state index contributed by atoms with van der Waals surface area (Å²) in [4.78, 5) is 2.51. The fraction of sp³-hybridized carbons (Fsp3) is 0.0588. The average Bonchev–Trinajstić information content (AvgIpc) is 3.70. The third-order valence-electron chi connectivity index (χ3n) is 11.1. The van der Waals surface area contributed by atoms with Crippen molar-refractivity contribution in [2.45, 2.75) is 19.3 Å². The Hall–Kier alpha value is -6.22. The molecule has 252 valence electrons. The van der Waals surface area contributed by atoms with E-state index < -0.39 is 0 Å². The summed E-state index contributed by atoms with van der Waals surface area (Å²) in [7, 11) is 0. The molecular formula is C51H37NS. The molecule has 0 aliphatic heterocycles. The van der Waals surface area contributed by atoms with Gasteiger partial charge in [0.15, 0.2) is 0 Å². The Morgan fingerprint density at radius 2 is 0.962 bits per heavy atom. The van der Waals surface area contributed by atoms with Crippen LogP contribution in [0.2, 0.25) is 0 Å². The zero-order valence-corrected chi connectivity index (χ0v) is 30.6. The SMILES string of the molecule is CC1(C)c2ccccc2-c2ccc(N(c3ccc4sc5ccccc5c4c3)c3cccc(-c4ccccc4)c3-c3ccccc3-c3ccccc3)cc21. The van der Waals surface area contributed by atoms with Crippen LogP contribution < -0.4 is 4.90 Å². The molecule has 0 atom stereocenters. The van der Waals surface area contributed by atoms with E-state index in [1.807, 2.05) is 11.3 Å². The molecule has 8 aromatic carbocycles. The highest BCUT2D eigenvalue weighted by molar-refractivity contribution is 7.25. The Morgan fingerprint density at radius 1 is 0.396 bits per heavy atom. The van der Waals surface area contributed by atoms with E-state index in [2.05, 4.69) is 207 Å². The second-order valence-corrected chi connectivity index (χ2v) is 15.6. The molecule has 10 rings (SSSR count). The van der Waals surface area contributed by atoms with Gasteiger partial charge in [-0.3, -0.25) is 0 Å². The largest absolute Gasteiger partial charge is 0.310 e. The van der Waals surface area contributed by atoms with Crippen LogP contribution in [0.5, 0.6) is 0 Å². The number of hydrogen-bond acceptors (Lipinski definition) is 2. The van der Waals surface area contributed by atoms with Gasteiger partial charge in [0.2, 0.25) is 0 Å². The molecule has 1 aliphatic carbocycles. The van der Waals surface area contributed by atoms with Crippen molar-refractivity contribution in [2.24, 2.45) is 0 Å². The molecule has 1 heterocycles. The second-order valence-electron chi connectivity index (χ2n) is 14.5. The van der Waals surface area contributed by atoms with Crippen LogP contribution in [0.3, 0.4) is 0 Å². The molecule has 0 saturated heterocycles. The fourth-order valence-electron chi connectivity index (χ4n) is 8.55. The van der Waals surface area contributed by atoms with E-state index in [0.717, 1.165) is 17.1 Å². The maximum atomic E-state index is 2.51. The van der Waals surface area contributed by atoms with E-state index in [9.17, 15) is 0 Å². The Balaban J connectivity index is 1.29. The van der Waals surface area contributed by atoms with Crippen molar-refractivity contribution >= 4 is 48.6 Å². The lowest BCUT2D eigenvalue weighted by Gasteiger charge is -2.31. The van der Waals surface area contributed by atoms with Crippen LogP contribution in [-0.4, -0.2) is 0 Å². The van der Waals surface area contributed by atoms with Crippen LogP contribution >= 0.6 is 11.3 Å². The molecule has 2 heteroatoms. The summed E-state index contributed by atoms with van der Waals surface area (Å²) < 4.78 is 2.61. The van der Waals surface area contributed by atoms with Crippen molar-refractivity contribution in [1.82, 2.24) is 0 Å². The van der Waals surface area contributed by atoms with Gasteiger partial charge in [0.05, 0.1) is 5.69 Å². The highest BCUT2D eigenvalue weighted by atomic mass is 32.1. The molecule has 1 aliphatic rings. The molecular weight excluding hydrogens is 659 g/mol. The van der Waals surface area contributed by atoms with Crippen LogP contribution in [0, 0.1) is 0 Å². The molecule has 0 N–H and O–H groups in total. The van der Waals surface area contributed by atoms with Crippen molar-refractivity contribution in [3.63, 3.8) is 0 Å². The van der Waals surface area contributed by atoms with Crippen molar-refractivity contribution < 1.29 is 0 Å². The first-order chi connectivity index (χ1) is 26.1. The van der Waals surface area contributed by atoms with Gasteiger partial charge >= 0.3 is 0 Å². The van der Waals surface area contributed by atoms with Gasteiger partial charge in [-0.25, -0.2) is 0 Å². The van der Waals surface area contributed by atoms with E-state index in [1.54, 1.807) is 0 Å². The Labute approximate surface area is 315 Å². The van der Waals surface area contributed by atoms with Gasteiger partial charge in [0.1, 0.15) is 0 Å². The summed E-state index contributed by atoms with van der Waals surface area (Å²) in [6.07, 6.45) is 0. The molecule has 0 bridgehead atoms. The van der Waals surface area contributed by atoms with Gasteiger partial charge in [0, 0.05) is 42.5 Å². The number of thiophene rings is 1. The van der Waals surface area contributed by atoms with Crippen molar-refractivity contribution in [2.75, 3.05) is 4.90 Å². The topological polar surface area (TPSA) is 3.24 Å². The zero-order valence-electron chi connectivity index (χ0n) is 29.8. The molecule has 0 spiro atoms. The minimum atomic E-state index is -0.129. The number of fused-ring (bicyclic) bond motifs is 6. The minimum absolute atomic E-state index is 0.129. The molecule has 1 aromatic heterocycles. The standard InChI is InChI=1S/C51H37NS/c1-51(2)45-25-13-11-21-40(45)41-30-28-37(33-46(41)51)52(36-29-31-49-44(32-36)42-22-12-14-27-48(42)53-49)47-26-15-24-39(35-18-7-4-8-19-35)50(47)43-23-10-9-20-38(43)34-16-5-3-6-17-34/h3-33H,1-2H3. The number of rotatable bonds is 6. The average molecular weight is 696 g/mol. The summed E-state index contributed by atoms with van der Waals surface area (Å²) in [5.41, 5.74) is 15.9. The summed E-state index contributed by atoms with van der Waals surface area (Å²) in [5.74, 6) is 0. The normalized spacial score (nSPS) is 12.9. The molecule has 0 unspecified atom stereocenters. The number of hydrogen-bond donors (Lipinski definition) is 0. The van der Waals surface area contributed by atoms with Gasteiger partial charge in [0.25, 0.3) is 0 Å². The van der Waals surface area contributed by atoms with E-state index in [0.29, 0.717) is 0 Å². The molecule has 0 amide bonds. The van der Waals surface area contributed by atoms with Crippen LogP contribution in [0.15, 0.2) is 188 Å². The number of anilines is 3. The van der Waals surface area contributed by atoms with Crippen molar-refractivity contribution in [3.8, 4) is 44.5 Å². The zero-order chi connectivity index (χ0) is 35.5. The first-order valence-electron chi connectivity index (χ1n) is 18.4. The van der Waals surface area contributed by atoms with Gasteiger partial charge < -0.3 is 4.90 Å². The van der Waals surface area contributed by atoms with Crippen LogP contribution in [0.4, 0.5) is 17.1 Å². The van der Waals surface area contributed by atoms with Gasteiger partial charge in [-0.2, -0.15) is 0 Å².